The molecule has 0 nitrogen and oxygen atoms in total. The molecular weight excluding hydrogens is 360 g/mol. The Morgan fingerprint density at radius 1 is 0.400 bits per heavy atom. The second kappa shape index (κ2) is 15.7. The molecule has 0 N–H and O–H groups in total. The van der Waals surface area contributed by atoms with Crippen LogP contribution < -0.4 is 0 Å². The first-order chi connectivity index (χ1) is 14.1. The second-order valence-corrected chi connectivity index (χ2v) is 11.5. The van der Waals surface area contributed by atoms with Gasteiger partial charge in [-0.15, -0.1) is 0 Å². The maximum Gasteiger partial charge on any atom is -0.0355 e. The van der Waals surface area contributed by atoms with Crippen molar-refractivity contribution in [2.75, 3.05) is 0 Å². The van der Waals surface area contributed by atoms with Crippen molar-refractivity contribution in [2.45, 2.75) is 134 Å². The van der Waals surface area contributed by atoms with Gasteiger partial charge in [-0.3, -0.25) is 0 Å². The molecule has 0 aliphatic rings. The monoisotopic (exact) mass is 422 g/mol. The maximum absolute atomic E-state index is 2.56. The third-order valence-corrected chi connectivity index (χ3v) is 9.72. The van der Waals surface area contributed by atoms with E-state index >= 15 is 0 Å². The van der Waals surface area contributed by atoms with Gasteiger partial charge in [0.2, 0.25) is 0 Å². The topological polar surface area (TPSA) is 0 Å². The zero-order chi connectivity index (χ0) is 23.4. The van der Waals surface area contributed by atoms with Crippen LogP contribution in [0.1, 0.15) is 134 Å². The van der Waals surface area contributed by atoms with E-state index in [9.17, 15) is 0 Å². The first kappa shape index (κ1) is 30.0. The third-order valence-electron chi connectivity index (χ3n) is 9.72. The minimum Gasteiger partial charge on any atom is -0.0651 e. The van der Waals surface area contributed by atoms with Gasteiger partial charge in [-0.25, -0.2) is 0 Å². The molecule has 0 spiro atoms. The van der Waals surface area contributed by atoms with E-state index < -0.39 is 0 Å². The van der Waals surface area contributed by atoms with Crippen molar-refractivity contribution in [3.05, 3.63) is 0 Å². The lowest BCUT2D eigenvalue weighted by molar-refractivity contribution is 0.0830. The van der Waals surface area contributed by atoms with Crippen LogP contribution in [-0.4, -0.2) is 0 Å². The highest BCUT2D eigenvalue weighted by molar-refractivity contribution is 4.85. The normalized spacial score (nSPS) is 21.5. The van der Waals surface area contributed by atoms with E-state index in [0.29, 0.717) is 0 Å². The Bertz CT molecular complexity index is 397. The SMILES string of the molecule is CCC(C)C(C)C(CC)CC(C(C)CC)C(CC)CC(C(C)CC)C(CC)C(C)C. The van der Waals surface area contributed by atoms with Gasteiger partial charge in [0.05, 0.1) is 0 Å². The molecular formula is C30H62. The molecule has 9 atom stereocenters. The lowest BCUT2D eigenvalue weighted by atomic mass is 9.64. The molecule has 0 rings (SSSR count). The van der Waals surface area contributed by atoms with E-state index in [1.165, 1.54) is 51.4 Å². The maximum atomic E-state index is 2.56. The molecule has 0 saturated heterocycles. The fraction of sp³-hybridized carbons (Fsp3) is 1.00. The fourth-order valence-electron chi connectivity index (χ4n) is 6.53. The largest absolute Gasteiger partial charge is 0.0651 e. The molecule has 0 radical (unpaired) electrons. The molecule has 0 heteroatoms. The van der Waals surface area contributed by atoms with Crippen LogP contribution in [0.2, 0.25) is 0 Å². The van der Waals surface area contributed by atoms with Crippen molar-refractivity contribution in [3.8, 4) is 0 Å². The van der Waals surface area contributed by atoms with Gasteiger partial charge in [0.1, 0.15) is 0 Å². The zero-order valence-electron chi connectivity index (χ0n) is 23.4. The van der Waals surface area contributed by atoms with Gasteiger partial charge in [0, 0.05) is 0 Å². The molecule has 0 heterocycles. The minimum absolute atomic E-state index is 0.808. The first-order valence-corrected chi connectivity index (χ1v) is 14.1. The summed E-state index contributed by atoms with van der Waals surface area (Å²) in [4.78, 5) is 0. The van der Waals surface area contributed by atoms with E-state index in [1.807, 2.05) is 0 Å². The highest BCUT2D eigenvalue weighted by Crippen LogP contribution is 2.44. The zero-order valence-corrected chi connectivity index (χ0v) is 23.4. The van der Waals surface area contributed by atoms with Crippen LogP contribution in [0.4, 0.5) is 0 Å². The van der Waals surface area contributed by atoms with Crippen molar-refractivity contribution in [1.82, 2.24) is 0 Å². The molecule has 0 aromatic rings. The van der Waals surface area contributed by atoms with Crippen molar-refractivity contribution < 1.29 is 0 Å². The smallest absolute Gasteiger partial charge is 0.0355 e. The van der Waals surface area contributed by atoms with Gasteiger partial charge in [0.15, 0.2) is 0 Å². The van der Waals surface area contributed by atoms with E-state index in [1.54, 1.807) is 0 Å². The van der Waals surface area contributed by atoms with E-state index in [2.05, 4.69) is 83.1 Å². The number of rotatable bonds is 17. The summed E-state index contributed by atoms with van der Waals surface area (Å²) >= 11 is 0. The average molecular weight is 423 g/mol. The summed E-state index contributed by atoms with van der Waals surface area (Å²) < 4.78 is 0. The van der Waals surface area contributed by atoms with Crippen LogP contribution in [-0.2, 0) is 0 Å². The van der Waals surface area contributed by atoms with Crippen LogP contribution in [0.25, 0.3) is 0 Å². The molecule has 0 aliphatic heterocycles. The lowest BCUT2D eigenvalue weighted by Gasteiger charge is -2.41. The van der Waals surface area contributed by atoms with E-state index in [0.717, 1.165) is 59.2 Å². The predicted molar refractivity (Wildman–Crippen MR) is 140 cm³/mol. The minimum atomic E-state index is 0.808. The average Bonchev–Trinajstić information content (AvgIpc) is 2.75. The van der Waals surface area contributed by atoms with Crippen LogP contribution in [0.5, 0.6) is 0 Å². The Balaban J connectivity index is 5.77. The Morgan fingerprint density at radius 2 is 0.833 bits per heavy atom. The molecule has 0 aromatic heterocycles. The summed E-state index contributed by atoms with van der Waals surface area (Å²) in [5.74, 6) is 8.67. The summed E-state index contributed by atoms with van der Waals surface area (Å²) in [6, 6.07) is 0. The predicted octanol–water partition coefficient (Wildman–Crippen LogP) is 10.5. The molecule has 0 amide bonds. The van der Waals surface area contributed by atoms with E-state index in [4.69, 9.17) is 0 Å². The highest BCUT2D eigenvalue weighted by atomic mass is 14.4. The number of hydrogen-bond acceptors (Lipinski definition) is 0. The van der Waals surface area contributed by atoms with E-state index in [-0.39, 0.29) is 0 Å². The van der Waals surface area contributed by atoms with Crippen molar-refractivity contribution in [2.24, 2.45) is 59.2 Å². The van der Waals surface area contributed by atoms with Crippen molar-refractivity contribution >= 4 is 0 Å². The summed E-state index contributed by atoms with van der Waals surface area (Å²) in [5, 5.41) is 0. The Hall–Kier alpha value is 0. The Labute approximate surface area is 193 Å². The fourth-order valence-corrected chi connectivity index (χ4v) is 6.53. The van der Waals surface area contributed by atoms with Crippen LogP contribution in [0, 0.1) is 59.2 Å². The third kappa shape index (κ3) is 8.86. The lowest BCUT2D eigenvalue weighted by Crippen LogP contribution is -2.33. The summed E-state index contributed by atoms with van der Waals surface area (Å²) in [5.41, 5.74) is 0. The molecule has 182 valence electrons. The Morgan fingerprint density at radius 3 is 1.20 bits per heavy atom. The van der Waals surface area contributed by atoms with Gasteiger partial charge in [-0.05, 0) is 72.0 Å². The molecule has 0 saturated carbocycles. The van der Waals surface area contributed by atoms with Gasteiger partial charge < -0.3 is 0 Å². The highest BCUT2D eigenvalue weighted by Gasteiger charge is 2.35. The molecule has 9 unspecified atom stereocenters. The molecule has 0 fully saturated rings. The molecule has 0 aromatic carbocycles. The molecule has 30 heavy (non-hydrogen) atoms. The van der Waals surface area contributed by atoms with Gasteiger partial charge in [0.25, 0.3) is 0 Å². The Kier molecular flexibility index (Phi) is 15.7. The van der Waals surface area contributed by atoms with Crippen molar-refractivity contribution in [1.29, 1.82) is 0 Å². The first-order valence-electron chi connectivity index (χ1n) is 14.1. The van der Waals surface area contributed by atoms with Crippen LogP contribution in [0.3, 0.4) is 0 Å². The molecule has 0 aliphatic carbocycles. The van der Waals surface area contributed by atoms with Gasteiger partial charge in [-0.2, -0.15) is 0 Å². The second-order valence-electron chi connectivity index (χ2n) is 11.5. The summed E-state index contributed by atoms with van der Waals surface area (Å²) in [6.07, 6.45) is 11.0. The number of hydrogen-bond donors (Lipinski definition) is 0. The van der Waals surface area contributed by atoms with Crippen LogP contribution >= 0.6 is 0 Å². The van der Waals surface area contributed by atoms with Crippen LogP contribution in [0.15, 0.2) is 0 Å². The quantitative estimate of drug-likeness (QED) is 0.218. The summed E-state index contributed by atoms with van der Waals surface area (Å²) in [6.45, 7) is 29.7. The standard InChI is InChI=1S/C30H62/c1-13-22(9)25(12)26(16-4)19-29(23(10)14-2)27(17-5)20-30(24(11)15-3)28(18-6)21(7)8/h21-30H,13-20H2,1-12H3. The summed E-state index contributed by atoms with van der Waals surface area (Å²) in [7, 11) is 0. The van der Waals surface area contributed by atoms with Crippen molar-refractivity contribution in [3.63, 3.8) is 0 Å². The van der Waals surface area contributed by atoms with Gasteiger partial charge >= 0.3 is 0 Å². The molecule has 0 bridgehead atoms. The van der Waals surface area contributed by atoms with Gasteiger partial charge in [-0.1, -0.05) is 122 Å².